The van der Waals surface area contributed by atoms with Gasteiger partial charge in [0.25, 0.3) is 11.6 Å². The van der Waals surface area contributed by atoms with Crippen LogP contribution in [0.3, 0.4) is 0 Å². The SMILES string of the molecule is COc1ccc(CCNC(=O)c2cc([N+](=O)[O-])ccc2OC)cc1OC. The molecule has 0 bridgehead atoms. The minimum Gasteiger partial charge on any atom is -0.496 e. The summed E-state index contributed by atoms with van der Waals surface area (Å²) in [5, 5.41) is 13.6. The lowest BCUT2D eigenvalue weighted by atomic mass is 10.1. The Hall–Kier alpha value is -3.29. The first-order valence-corrected chi connectivity index (χ1v) is 7.81. The smallest absolute Gasteiger partial charge is 0.270 e. The molecular weight excluding hydrogens is 340 g/mol. The van der Waals surface area contributed by atoms with Crippen molar-refractivity contribution in [1.82, 2.24) is 5.32 Å². The van der Waals surface area contributed by atoms with E-state index < -0.39 is 10.8 Å². The number of ether oxygens (including phenoxy) is 3. The van der Waals surface area contributed by atoms with Gasteiger partial charge in [0, 0.05) is 18.7 Å². The zero-order valence-electron chi connectivity index (χ0n) is 14.8. The standard InChI is InChI=1S/C18H20N2O6/c1-24-15-7-5-13(20(22)23)11-14(15)18(21)19-9-8-12-4-6-16(25-2)17(10-12)26-3/h4-7,10-11H,8-9H2,1-3H3,(H,19,21). The first-order valence-electron chi connectivity index (χ1n) is 7.81. The van der Waals surface area contributed by atoms with Gasteiger partial charge in [-0.1, -0.05) is 6.07 Å². The summed E-state index contributed by atoms with van der Waals surface area (Å²) in [6.45, 7) is 0.347. The van der Waals surface area contributed by atoms with Crippen LogP contribution in [0.5, 0.6) is 17.2 Å². The average Bonchev–Trinajstić information content (AvgIpc) is 2.66. The molecule has 2 aromatic rings. The largest absolute Gasteiger partial charge is 0.496 e. The number of rotatable bonds is 8. The summed E-state index contributed by atoms with van der Waals surface area (Å²) >= 11 is 0. The van der Waals surface area contributed by atoms with Crippen molar-refractivity contribution >= 4 is 11.6 Å². The second-order valence-corrected chi connectivity index (χ2v) is 5.34. The lowest BCUT2D eigenvalue weighted by molar-refractivity contribution is -0.384. The highest BCUT2D eigenvalue weighted by atomic mass is 16.6. The molecule has 0 spiro atoms. The third-order valence-corrected chi connectivity index (χ3v) is 3.79. The minimum atomic E-state index is -0.556. The predicted octanol–water partition coefficient (Wildman–Crippen LogP) is 2.59. The van der Waals surface area contributed by atoms with Gasteiger partial charge in [-0.05, 0) is 30.2 Å². The normalized spacial score (nSPS) is 10.1. The molecule has 0 aromatic heterocycles. The average molecular weight is 360 g/mol. The van der Waals surface area contributed by atoms with Gasteiger partial charge in [-0.3, -0.25) is 14.9 Å². The van der Waals surface area contributed by atoms with Gasteiger partial charge in [0.2, 0.25) is 0 Å². The minimum absolute atomic E-state index is 0.119. The Labute approximate surface area is 150 Å². The van der Waals surface area contributed by atoms with Crippen molar-refractivity contribution in [2.24, 2.45) is 0 Å². The first kappa shape index (κ1) is 19.0. The molecule has 8 nitrogen and oxygen atoms in total. The Morgan fingerprint density at radius 2 is 1.65 bits per heavy atom. The highest BCUT2D eigenvalue weighted by molar-refractivity contribution is 5.97. The molecule has 1 N–H and O–H groups in total. The molecule has 26 heavy (non-hydrogen) atoms. The van der Waals surface area contributed by atoms with Crippen LogP contribution in [0, 0.1) is 10.1 Å². The number of nitrogens with one attached hydrogen (secondary N) is 1. The number of hydrogen-bond acceptors (Lipinski definition) is 6. The van der Waals surface area contributed by atoms with Gasteiger partial charge in [0.1, 0.15) is 5.75 Å². The van der Waals surface area contributed by atoms with Crippen molar-refractivity contribution in [3.63, 3.8) is 0 Å². The molecule has 0 saturated carbocycles. The van der Waals surface area contributed by atoms with Gasteiger partial charge in [-0.25, -0.2) is 0 Å². The van der Waals surface area contributed by atoms with Gasteiger partial charge in [0.05, 0.1) is 31.8 Å². The summed E-state index contributed by atoms with van der Waals surface area (Å²) in [5.74, 6) is 1.07. The van der Waals surface area contributed by atoms with E-state index in [2.05, 4.69) is 5.32 Å². The highest BCUT2D eigenvalue weighted by Crippen LogP contribution is 2.27. The van der Waals surface area contributed by atoms with E-state index in [0.29, 0.717) is 24.5 Å². The summed E-state index contributed by atoms with van der Waals surface area (Å²) in [4.78, 5) is 22.7. The van der Waals surface area contributed by atoms with Crippen LogP contribution in [0.15, 0.2) is 36.4 Å². The summed E-state index contributed by atoms with van der Waals surface area (Å²) in [5.41, 5.74) is 0.902. The van der Waals surface area contributed by atoms with Crippen LogP contribution >= 0.6 is 0 Å². The summed E-state index contributed by atoms with van der Waals surface area (Å²) in [6.07, 6.45) is 0.559. The number of methoxy groups -OCH3 is 3. The van der Waals surface area contributed by atoms with Crippen molar-refractivity contribution in [1.29, 1.82) is 0 Å². The lowest BCUT2D eigenvalue weighted by Gasteiger charge is -2.11. The van der Waals surface area contributed by atoms with E-state index in [9.17, 15) is 14.9 Å². The van der Waals surface area contributed by atoms with E-state index in [1.165, 1.54) is 25.3 Å². The van der Waals surface area contributed by atoms with Gasteiger partial charge in [-0.2, -0.15) is 0 Å². The van der Waals surface area contributed by atoms with Crippen LogP contribution in [0.25, 0.3) is 0 Å². The number of nitrogens with zero attached hydrogens (tertiary/aromatic N) is 1. The zero-order valence-corrected chi connectivity index (χ0v) is 14.8. The van der Waals surface area contributed by atoms with Crippen molar-refractivity contribution in [2.45, 2.75) is 6.42 Å². The molecule has 1 amide bonds. The first-order chi connectivity index (χ1) is 12.5. The van der Waals surface area contributed by atoms with Crippen LogP contribution in [0.4, 0.5) is 5.69 Å². The molecular formula is C18H20N2O6. The van der Waals surface area contributed by atoms with E-state index in [1.54, 1.807) is 20.3 Å². The van der Waals surface area contributed by atoms with Crippen molar-refractivity contribution in [3.05, 3.63) is 57.6 Å². The number of carbonyl (C=O) groups excluding carboxylic acids is 1. The molecule has 8 heteroatoms. The summed E-state index contributed by atoms with van der Waals surface area (Å²) in [7, 11) is 4.52. The molecule has 2 rings (SSSR count). The van der Waals surface area contributed by atoms with Crippen molar-refractivity contribution < 1.29 is 23.9 Å². The van der Waals surface area contributed by atoms with Crippen LogP contribution in [-0.2, 0) is 6.42 Å². The van der Waals surface area contributed by atoms with Crippen LogP contribution in [-0.4, -0.2) is 38.7 Å². The third-order valence-electron chi connectivity index (χ3n) is 3.79. The molecule has 2 aromatic carbocycles. The number of hydrogen-bond donors (Lipinski definition) is 1. The summed E-state index contributed by atoms with van der Waals surface area (Å²) < 4.78 is 15.5. The maximum atomic E-state index is 12.4. The molecule has 0 saturated heterocycles. The Morgan fingerprint density at radius 1 is 1.00 bits per heavy atom. The molecule has 0 aliphatic carbocycles. The van der Waals surface area contributed by atoms with Crippen molar-refractivity contribution in [3.8, 4) is 17.2 Å². The molecule has 0 aliphatic heterocycles. The highest BCUT2D eigenvalue weighted by Gasteiger charge is 2.17. The molecule has 0 aliphatic rings. The molecule has 0 radical (unpaired) electrons. The second-order valence-electron chi connectivity index (χ2n) is 5.34. The summed E-state index contributed by atoms with van der Waals surface area (Å²) in [6, 6.07) is 9.39. The molecule has 138 valence electrons. The lowest BCUT2D eigenvalue weighted by Crippen LogP contribution is -2.26. The van der Waals surface area contributed by atoms with Crippen LogP contribution in [0.2, 0.25) is 0 Å². The van der Waals surface area contributed by atoms with Crippen LogP contribution in [0.1, 0.15) is 15.9 Å². The van der Waals surface area contributed by atoms with Gasteiger partial charge >= 0.3 is 0 Å². The number of nitro groups is 1. The van der Waals surface area contributed by atoms with E-state index in [4.69, 9.17) is 14.2 Å². The molecule has 0 fully saturated rings. The van der Waals surface area contributed by atoms with Crippen LogP contribution < -0.4 is 19.5 Å². The van der Waals surface area contributed by atoms with Gasteiger partial charge in [0.15, 0.2) is 11.5 Å². The monoisotopic (exact) mass is 360 g/mol. The number of nitro benzene ring substituents is 1. The number of non-ortho nitro benzene ring substituents is 1. The third kappa shape index (κ3) is 4.41. The fraction of sp³-hybridized carbons (Fsp3) is 0.278. The Balaban J connectivity index is 2.05. The van der Waals surface area contributed by atoms with E-state index in [1.807, 2.05) is 12.1 Å². The molecule has 0 heterocycles. The quantitative estimate of drug-likeness (QED) is 0.574. The zero-order chi connectivity index (χ0) is 19.1. The van der Waals surface area contributed by atoms with Gasteiger partial charge in [-0.15, -0.1) is 0 Å². The topological polar surface area (TPSA) is 99.9 Å². The van der Waals surface area contributed by atoms with E-state index in [-0.39, 0.29) is 17.0 Å². The Morgan fingerprint density at radius 3 is 2.27 bits per heavy atom. The number of benzene rings is 2. The Bertz CT molecular complexity index is 806. The molecule has 0 atom stereocenters. The van der Waals surface area contributed by atoms with E-state index in [0.717, 1.165) is 5.56 Å². The number of carbonyl (C=O) groups is 1. The molecule has 0 unspecified atom stereocenters. The van der Waals surface area contributed by atoms with E-state index >= 15 is 0 Å². The van der Waals surface area contributed by atoms with Crippen molar-refractivity contribution in [2.75, 3.05) is 27.9 Å². The maximum absolute atomic E-state index is 12.4. The fourth-order valence-corrected chi connectivity index (χ4v) is 2.44. The number of amides is 1. The fourth-order valence-electron chi connectivity index (χ4n) is 2.44. The van der Waals surface area contributed by atoms with Gasteiger partial charge < -0.3 is 19.5 Å². The Kier molecular flexibility index (Phi) is 6.37. The maximum Gasteiger partial charge on any atom is 0.270 e. The second kappa shape index (κ2) is 8.70. The predicted molar refractivity (Wildman–Crippen MR) is 95.2 cm³/mol.